The number of anilines is 1. The molecule has 0 bridgehead atoms. The first kappa shape index (κ1) is 9.71. The van der Waals surface area contributed by atoms with E-state index in [1.54, 1.807) is 6.20 Å². The predicted octanol–water partition coefficient (Wildman–Crippen LogP) is 2.11. The van der Waals surface area contributed by atoms with Crippen LogP contribution in [-0.4, -0.2) is 24.2 Å². The Morgan fingerprint density at radius 1 is 1.27 bits per heavy atom. The van der Waals surface area contributed by atoms with Crippen LogP contribution in [0.5, 0.6) is 0 Å². The van der Waals surface area contributed by atoms with Gasteiger partial charge in [-0.05, 0) is 19.1 Å². The van der Waals surface area contributed by atoms with Crippen LogP contribution in [-0.2, 0) is 0 Å². The van der Waals surface area contributed by atoms with Gasteiger partial charge >= 0.3 is 0 Å². The molecule has 4 heteroatoms. The highest BCUT2D eigenvalue weighted by Gasteiger charge is 2.04. The van der Waals surface area contributed by atoms with Gasteiger partial charge in [0.05, 0.1) is 0 Å². The fraction of sp³-hybridized carbons (Fsp3) is 0.273. The van der Waals surface area contributed by atoms with E-state index < -0.39 is 0 Å². The van der Waals surface area contributed by atoms with Crippen molar-refractivity contribution < 1.29 is 4.52 Å². The van der Waals surface area contributed by atoms with Gasteiger partial charge in [-0.1, -0.05) is 5.16 Å². The van der Waals surface area contributed by atoms with Gasteiger partial charge in [-0.3, -0.25) is 0 Å². The molecule has 0 N–H and O–H groups in total. The Kier molecular flexibility index (Phi) is 2.41. The van der Waals surface area contributed by atoms with Crippen LogP contribution in [0.2, 0.25) is 0 Å². The maximum absolute atomic E-state index is 5.01. The third-order valence-corrected chi connectivity index (χ3v) is 2.13. The summed E-state index contributed by atoms with van der Waals surface area (Å²) in [6.45, 7) is 1.87. The normalized spacial score (nSPS) is 10.3. The molecule has 0 unspecified atom stereocenters. The molecule has 2 aromatic heterocycles. The van der Waals surface area contributed by atoms with Crippen LogP contribution in [0.25, 0.3) is 11.3 Å². The number of aromatic nitrogens is 2. The van der Waals surface area contributed by atoms with E-state index in [2.05, 4.69) is 10.1 Å². The highest BCUT2D eigenvalue weighted by Crippen LogP contribution is 2.19. The van der Waals surface area contributed by atoms with E-state index in [1.165, 1.54) is 0 Å². The largest absolute Gasteiger partial charge is 0.363 e. The number of hydrogen-bond donors (Lipinski definition) is 0. The minimum atomic E-state index is 0.807. The molecule has 0 aliphatic carbocycles. The average Bonchev–Trinajstić information content (AvgIpc) is 2.65. The first-order valence-electron chi connectivity index (χ1n) is 4.74. The van der Waals surface area contributed by atoms with Crippen molar-refractivity contribution in [2.75, 3.05) is 19.0 Å². The van der Waals surface area contributed by atoms with Gasteiger partial charge in [-0.2, -0.15) is 0 Å². The fourth-order valence-corrected chi connectivity index (χ4v) is 1.30. The highest BCUT2D eigenvalue weighted by molar-refractivity contribution is 5.59. The van der Waals surface area contributed by atoms with E-state index in [1.807, 2.05) is 44.1 Å². The summed E-state index contributed by atoms with van der Waals surface area (Å²) in [7, 11) is 3.92. The molecule has 0 fully saturated rings. The molecular formula is C11H13N3O. The molecule has 78 valence electrons. The third-order valence-electron chi connectivity index (χ3n) is 2.13. The quantitative estimate of drug-likeness (QED) is 0.749. The van der Waals surface area contributed by atoms with Crippen LogP contribution >= 0.6 is 0 Å². The monoisotopic (exact) mass is 203 g/mol. The van der Waals surface area contributed by atoms with Gasteiger partial charge in [0.15, 0.2) is 0 Å². The maximum Gasteiger partial charge on any atom is 0.134 e. The van der Waals surface area contributed by atoms with Gasteiger partial charge < -0.3 is 9.42 Å². The Labute approximate surface area is 88.5 Å². The molecule has 2 aromatic rings. The Morgan fingerprint density at radius 2 is 2.07 bits per heavy atom. The van der Waals surface area contributed by atoms with Crippen LogP contribution in [0, 0.1) is 6.92 Å². The number of pyridine rings is 1. The van der Waals surface area contributed by atoms with E-state index in [-0.39, 0.29) is 0 Å². The predicted molar refractivity (Wildman–Crippen MR) is 58.8 cm³/mol. The van der Waals surface area contributed by atoms with E-state index in [4.69, 9.17) is 4.52 Å². The Morgan fingerprint density at radius 3 is 2.53 bits per heavy atom. The molecule has 2 rings (SSSR count). The van der Waals surface area contributed by atoms with Gasteiger partial charge in [-0.15, -0.1) is 0 Å². The molecule has 15 heavy (non-hydrogen) atoms. The topological polar surface area (TPSA) is 42.2 Å². The van der Waals surface area contributed by atoms with Crippen molar-refractivity contribution in [2.45, 2.75) is 6.92 Å². The molecule has 2 heterocycles. The zero-order chi connectivity index (χ0) is 10.8. The lowest BCUT2D eigenvalue weighted by Gasteiger charge is -2.10. The van der Waals surface area contributed by atoms with Gasteiger partial charge in [0.25, 0.3) is 0 Å². The molecule has 0 atom stereocenters. The Bertz CT molecular complexity index is 445. The maximum atomic E-state index is 5.01. The summed E-state index contributed by atoms with van der Waals surface area (Å²) in [6.07, 6.45) is 1.80. The summed E-state index contributed by atoms with van der Waals surface area (Å²) < 4.78 is 5.01. The summed E-state index contributed by atoms with van der Waals surface area (Å²) in [5, 5.41) is 3.93. The Hall–Kier alpha value is -1.84. The zero-order valence-electron chi connectivity index (χ0n) is 9.06. The number of aryl methyl sites for hydroxylation is 1. The molecule has 0 aliphatic heterocycles. The van der Waals surface area contributed by atoms with Crippen LogP contribution in [0.15, 0.2) is 28.9 Å². The highest BCUT2D eigenvalue weighted by atomic mass is 16.5. The van der Waals surface area contributed by atoms with Crippen LogP contribution in [0.3, 0.4) is 0 Å². The third kappa shape index (κ3) is 1.98. The van der Waals surface area contributed by atoms with E-state index in [0.717, 1.165) is 22.8 Å². The second kappa shape index (κ2) is 3.73. The fourth-order valence-electron chi connectivity index (χ4n) is 1.30. The van der Waals surface area contributed by atoms with Gasteiger partial charge in [0.1, 0.15) is 17.3 Å². The van der Waals surface area contributed by atoms with Crippen molar-refractivity contribution in [1.82, 2.24) is 10.1 Å². The lowest BCUT2D eigenvalue weighted by molar-refractivity contribution is 0.399. The second-order valence-corrected chi connectivity index (χ2v) is 3.62. The minimum absolute atomic E-state index is 0.807. The van der Waals surface area contributed by atoms with Gasteiger partial charge in [-0.25, -0.2) is 4.98 Å². The molecule has 0 saturated carbocycles. The number of hydrogen-bond acceptors (Lipinski definition) is 4. The molecule has 4 nitrogen and oxygen atoms in total. The first-order valence-corrected chi connectivity index (χ1v) is 4.74. The summed E-state index contributed by atoms with van der Waals surface area (Å²) >= 11 is 0. The molecule has 0 saturated heterocycles. The lowest BCUT2D eigenvalue weighted by atomic mass is 10.2. The molecule has 0 aliphatic rings. The van der Waals surface area contributed by atoms with Gasteiger partial charge in [0.2, 0.25) is 0 Å². The summed E-state index contributed by atoms with van der Waals surface area (Å²) in [4.78, 5) is 6.26. The lowest BCUT2D eigenvalue weighted by Crippen LogP contribution is -2.09. The van der Waals surface area contributed by atoms with Crippen LogP contribution in [0.4, 0.5) is 5.82 Å². The molecule has 0 radical (unpaired) electrons. The van der Waals surface area contributed by atoms with Crippen molar-refractivity contribution in [3.8, 4) is 11.3 Å². The van der Waals surface area contributed by atoms with Crippen molar-refractivity contribution >= 4 is 5.82 Å². The Balaban J connectivity index is 2.31. The van der Waals surface area contributed by atoms with Crippen molar-refractivity contribution in [1.29, 1.82) is 0 Å². The summed E-state index contributed by atoms with van der Waals surface area (Å²) in [5.41, 5.74) is 1.79. The second-order valence-electron chi connectivity index (χ2n) is 3.62. The average molecular weight is 203 g/mol. The SMILES string of the molecule is Cc1cc(-c2ccc(N(C)C)nc2)no1. The smallest absolute Gasteiger partial charge is 0.134 e. The number of nitrogens with zero attached hydrogens (tertiary/aromatic N) is 3. The van der Waals surface area contributed by atoms with E-state index in [0.29, 0.717) is 0 Å². The first-order chi connectivity index (χ1) is 7.16. The van der Waals surface area contributed by atoms with Crippen molar-refractivity contribution in [3.05, 3.63) is 30.2 Å². The van der Waals surface area contributed by atoms with Crippen LogP contribution in [0.1, 0.15) is 5.76 Å². The van der Waals surface area contributed by atoms with E-state index >= 15 is 0 Å². The molecule has 0 spiro atoms. The summed E-state index contributed by atoms with van der Waals surface area (Å²) in [6, 6.07) is 5.84. The van der Waals surface area contributed by atoms with Gasteiger partial charge in [0, 0.05) is 31.9 Å². The van der Waals surface area contributed by atoms with Crippen molar-refractivity contribution in [3.63, 3.8) is 0 Å². The standard InChI is InChI=1S/C11H13N3O/c1-8-6-10(13-15-8)9-4-5-11(12-7-9)14(2)3/h4-7H,1-3H3. The number of rotatable bonds is 2. The van der Waals surface area contributed by atoms with Crippen molar-refractivity contribution in [2.24, 2.45) is 0 Å². The van der Waals surface area contributed by atoms with E-state index in [9.17, 15) is 0 Å². The molecular weight excluding hydrogens is 190 g/mol. The minimum Gasteiger partial charge on any atom is -0.363 e. The summed E-state index contributed by atoms with van der Waals surface area (Å²) in [5.74, 6) is 1.74. The van der Waals surface area contributed by atoms with Crippen LogP contribution < -0.4 is 4.90 Å². The molecule has 0 amide bonds. The zero-order valence-corrected chi connectivity index (χ0v) is 9.06. The molecule has 0 aromatic carbocycles.